The Morgan fingerprint density at radius 3 is 2.36 bits per heavy atom. The number of ether oxygens (including phenoxy) is 3. The molecule has 0 saturated carbocycles. The van der Waals surface area contributed by atoms with E-state index >= 15 is 0 Å². The van der Waals surface area contributed by atoms with E-state index in [9.17, 15) is 4.79 Å². The highest BCUT2D eigenvalue weighted by atomic mass is 35.5. The number of rotatable bonds is 8. The van der Waals surface area contributed by atoms with Crippen molar-refractivity contribution in [3.63, 3.8) is 0 Å². The molecule has 0 aliphatic heterocycles. The van der Waals surface area contributed by atoms with Crippen LogP contribution < -0.4 is 25.3 Å². The SMILES string of the molecule is CCOc1c(OC)cc(-c2nn(CNc3ccc(Cl)cc3)c(=O)o2)cc1OC. The summed E-state index contributed by atoms with van der Waals surface area (Å²) in [6, 6.07) is 10.5. The molecule has 0 bridgehead atoms. The summed E-state index contributed by atoms with van der Waals surface area (Å²) in [7, 11) is 3.04. The fraction of sp³-hybridized carbons (Fsp3) is 0.263. The van der Waals surface area contributed by atoms with Crippen LogP contribution >= 0.6 is 11.6 Å². The average molecular weight is 406 g/mol. The molecule has 1 N–H and O–H groups in total. The van der Waals surface area contributed by atoms with E-state index in [1.54, 1.807) is 36.4 Å². The number of benzene rings is 2. The molecule has 2 aromatic carbocycles. The number of anilines is 1. The van der Waals surface area contributed by atoms with Gasteiger partial charge in [-0.15, -0.1) is 5.10 Å². The molecule has 0 aliphatic carbocycles. The molecule has 0 saturated heterocycles. The van der Waals surface area contributed by atoms with Gasteiger partial charge in [0.2, 0.25) is 11.6 Å². The van der Waals surface area contributed by atoms with Crippen LogP contribution in [0.4, 0.5) is 5.69 Å². The Morgan fingerprint density at radius 1 is 1.14 bits per heavy atom. The topological polar surface area (TPSA) is 87.8 Å². The number of nitrogens with zero attached hydrogens (tertiary/aromatic N) is 2. The van der Waals surface area contributed by atoms with Gasteiger partial charge in [0.1, 0.15) is 6.67 Å². The van der Waals surface area contributed by atoms with Crippen LogP contribution in [0.1, 0.15) is 6.92 Å². The molecule has 0 unspecified atom stereocenters. The highest BCUT2D eigenvalue weighted by Gasteiger charge is 2.18. The summed E-state index contributed by atoms with van der Waals surface area (Å²) in [4.78, 5) is 12.2. The molecule has 28 heavy (non-hydrogen) atoms. The zero-order valence-electron chi connectivity index (χ0n) is 15.7. The predicted molar refractivity (Wildman–Crippen MR) is 106 cm³/mol. The molecule has 8 nitrogen and oxygen atoms in total. The first-order valence-corrected chi connectivity index (χ1v) is 8.90. The van der Waals surface area contributed by atoms with Crippen LogP contribution in [-0.2, 0) is 6.67 Å². The van der Waals surface area contributed by atoms with E-state index in [-0.39, 0.29) is 12.6 Å². The first-order chi connectivity index (χ1) is 13.5. The van der Waals surface area contributed by atoms with Crippen molar-refractivity contribution in [2.75, 3.05) is 26.1 Å². The number of hydrogen-bond donors (Lipinski definition) is 1. The van der Waals surface area contributed by atoms with Crippen LogP contribution in [0, 0.1) is 0 Å². The van der Waals surface area contributed by atoms with Crippen LogP contribution in [0.15, 0.2) is 45.6 Å². The minimum absolute atomic E-state index is 0.134. The van der Waals surface area contributed by atoms with Crippen molar-refractivity contribution in [2.24, 2.45) is 0 Å². The van der Waals surface area contributed by atoms with Crippen LogP contribution in [0.5, 0.6) is 17.2 Å². The molecule has 0 radical (unpaired) electrons. The van der Waals surface area contributed by atoms with E-state index in [0.29, 0.717) is 34.4 Å². The molecular formula is C19H20ClN3O5. The van der Waals surface area contributed by atoms with Gasteiger partial charge in [-0.2, -0.15) is 4.68 Å². The molecule has 0 amide bonds. The van der Waals surface area contributed by atoms with Crippen molar-refractivity contribution in [1.82, 2.24) is 9.78 Å². The number of hydrogen-bond acceptors (Lipinski definition) is 7. The Morgan fingerprint density at radius 2 is 1.79 bits per heavy atom. The quantitative estimate of drug-likeness (QED) is 0.612. The summed E-state index contributed by atoms with van der Waals surface area (Å²) in [5.41, 5.74) is 1.32. The van der Waals surface area contributed by atoms with E-state index in [0.717, 1.165) is 5.69 Å². The van der Waals surface area contributed by atoms with E-state index < -0.39 is 5.76 Å². The van der Waals surface area contributed by atoms with Crippen molar-refractivity contribution in [3.05, 3.63) is 52.0 Å². The monoisotopic (exact) mass is 405 g/mol. The van der Waals surface area contributed by atoms with Crippen molar-refractivity contribution < 1.29 is 18.6 Å². The van der Waals surface area contributed by atoms with Crippen molar-refractivity contribution in [3.8, 4) is 28.7 Å². The normalized spacial score (nSPS) is 10.6. The summed E-state index contributed by atoms with van der Waals surface area (Å²) < 4.78 is 22.8. The Balaban J connectivity index is 1.87. The van der Waals surface area contributed by atoms with Crippen molar-refractivity contribution in [1.29, 1.82) is 0 Å². The van der Waals surface area contributed by atoms with Gasteiger partial charge in [0.15, 0.2) is 11.5 Å². The van der Waals surface area contributed by atoms with Crippen LogP contribution in [-0.4, -0.2) is 30.6 Å². The Labute approximate surface area is 166 Å². The Kier molecular flexibility index (Phi) is 6.10. The standard InChI is InChI=1S/C19H20ClN3O5/c1-4-27-17-15(25-2)9-12(10-16(17)26-3)18-22-23(19(24)28-18)11-21-14-7-5-13(20)6-8-14/h5-10,21H,4,11H2,1-3H3. The lowest BCUT2D eigenvalue weighted by Gasteiger charge is -2.14. The molecule has 3 aromatic rings. The molecule has 0 fully saturated rings. The minimum atomic E-state index is -0.594. The third-order valence-electron chi connectivity index (χ3n) is 3.88. The third kappa shape index (κ3) is 4.23. The van der Waals surface area contributed by atoms with Gasteiger partial charge in [-0.05, 0) is 43.3 Å². The number of halogens is 1. The molecule has 148 valence electrons. The third-order valence-corrected chi connectivity index (χ3v) is 4.13. The van der Waals surface area contributed by atoms with Gasteiger partial charge in [-0.3, -0.25) is 0 Å². The highest BCUT2D eigenvalue weighted by Crippen LogP contribution is 2.40. The number of methoxy groups -OCH3 is 2. The van der Waals surface area contributed by atoms with Gasteiger partial charge in [0.05, 0.1) is 20.8 Å². The molecule has 9 heteroatoms. The summed E-state index contributed by atoms with van der Waals surface area (Å²) in [5, 5.41) is 7.94. The largest absolute Gasteiger partial charge is 0.493 e. The van der Waals surface area contributed by atoms with E-state index in [1.807, 2.05) is 6.92 Å². The maximum Gasteiger partial charge on any atom is 0.439 e. The number of aromatic nitrogens is 2. The van der Waals surface area contributed by atoms with E-state index in [2.05, 4.69) is 10.4 Å². The molecular weight excluding hydrogens is 386 g/mol. The first kappa shape index (κ1) is 19.6. The van der Waals surface area contributed by atoms with Gasteiger partial charge in [-0.1, -0.05) is 11.6 Å². The van der Waals surface area contributed by atoms with Gasteiger partial charge in [0.25, 0.3) is 0 Å². The smallest absolute Gasteiger partial charge is 0.439 e. The number of nitrogens with one attached hydrogen (secondary N) is 1. The van der Waals surface area contributed by atoms with Crippen molar-refractivity contribution >= 4 is 17.3 Å². The van der Waals surface area contributed by atoms with Crippen molar-refractivity contribution in [2.45, 2.75) is 13.6 Å². The molecule has 1 aromatic heterocycles. The lowest BCUT2D eigenvalue weighted by molar-refractivity contribution is 0.288. The van der Waals surface area contributed by atoms with E-state index in [1.165, 1.54) is 18.9 Å². The lowest BCUT2D eigenvalue weighted by atomic mass is 10.2. The van der Waals surface area contributed by atoms with Gasteiger partial charge < -0.3 is 23.9 Å². The summed E-state index contributed by atoms with van der Waals surface area (Å²) in [5.74, 6) is 0.925. The second-order valence-electron chi connectivity index (χ2n) is 5.66. The van der Waals surface area contributed by atoms with Gasteiger partial charge in [0, 0.05) is 16.3 Å². The maximum absolute atomic E-state index is 12.2. The van der Waals surface area contributed by atoms with Crippen LogP contribution in [0.2, 0.25) is 5.02 Å². The van der Waals surface area contributed by atoms with Gasteiger partial charge in [-0.25, -0.2) is 4.79 Å². The molecule has 0 aliphatic rings. The fourth-order valence-electron chi connectivity index (χ4n) is 2.55. The van der Waals surface area contributed by atoms with Gasteiger partial charge >= 0.3 is 5.76 Å². The maximum atomic E-state index is 12.2. The first-order valence-electron chi connectivity index (χ1n) is 8.52. The fourth-order valence-corrected chi connectivity index (χ4v) is 2.67. The molecule has 0 spiro atoms. The van der Waals surface area contributed by atoms with E-state index in [4.69, 9.17) is 30.2 Å². The molecule has 1 heterocycles. The second kappa shape index (κ2) is 8.71. The van der Waals surface area contributed by atoms with Crippen LogP contribution in [0.3, 0.4) is 0 Å². The average Bonchev–Trinajstić information content (AvgIpc) is 3.08. The zero-order valence-corrected chi connectivity index (χ0v) is 16.4. The lowest BCUT2D eigenvalue weighted by Crippen LogP contribution is -2.20. The summed E-state index contributed by atoms with van der Waals surface area (Å²) >= 11 is 5.87. The molecule has 0 atom stereocenters. The Hall–Kier alpha value is -3.13. The zero-order chi connectivity index (χ0) is 20.1. The Bertz CT molecular complexity index is 973. The second-order valence-corrected chi connectivity index (χ2v) is 6.09. The highest BCUT2D eigenvalue weighted by molar-refractivity contribution is 6.30. The summed E-state index contributed by atoms with van der Waals surface area (Å²) in [6.45, 7) is 2.45. The summed E-state index contributed by atoms with van der Waals surface area (Å²) in [6.07, 6.45) is 0. The predicted octanol–water partition coefficient (Wildman–Crippen LogP) is 3.64. The minimum Gasteiger partial charge on any atom is -0.493 e. The molecule has 3 rings (SSSR count). The van der Waals surface area contributed by atoms with Crippen LogP contribution in [0.25, 0.3) is 11.5 Å².